The lowest BCUT2D eigenvalue weighted by Crippen LogP contribution is -2.14. The van der Waals surface area contributed by atoms with E-state index >= 15 is 0 Å². The van der Waals surface area contributed by atoms with Gasteiger partial charge in [-0.2, -0.15) is 13.2 Å². The van der Waals surface area contributed by atoms with Gasteiger partial charge in [-0.05, 0) is 24.6 Å². The van der Waals surface area contributed by atoms with Gasteiger partial charge in [0.25, 0.3) is 0 Å². The Labute approximate surface area is 83.6 Å². The van der Waals surface area contributed by atoms with E-state index in [0.717, 1.165) is 12.1 Å². The van der Waals surface area contributed by atoms with Crippen LogP contribution in [0.3, 0.4) is 0 Å². The van der Waals surface area contributed by atoms with Crippen molar-refractivity contribution >= 4 is 0 Å². The first-order valence-corrected chi connectivity index (χ1v) is 4.08. The zero-order chi connectivity index (χ0) is 11.6. The predicted octanol–water partition coefficient (Wildman–Crippen LogP) is 2.80. The van der Waals surface area contributed by atoms with Gasteiger partial charge in [-0.15, -0.1) is 0 Å². The third-order valence-electron chi connectivity index (χ3n) is 1.96. The van der Waals surface area contributed by atoms with Crippen LogP contribution in [0.2, 0.25) is 0 Å². The maximum absolute atomic E-state index is 12.7. The Morgan fingerprint density at radius 3 is 2.40 bits per heavy atom. The summed E-state index contributed by atoms with van der Waals surface area (Å²) in [6.45, 7) is 1.35. The third kappa shape index (κ3) is 2.66. The molecule has 84 valence electrons. The minimum absolute atomic E-state index is 0.189. The molecule has 1 rings (SSSR count). The highest BCUT2D eigenvalue weighted by molar-refractivity contribution is 5.32. The SMILES string of the molecule is CC(ON)c1ccc(F)cc1C(F)(F)F. The minimum Gasteiger partial charge on any atom is -0.297 e. The fourth-order valence-corrected chi connectivity index (χ4v) is 1.20. The Kier molecular flexibility index (Phi) is 3.31. The summed E-state index contributed by atoms with van der Waals surface area (Å²) in [6.07, 6.45) is -5.56. The molecule has 0 heterocycles. The average molecular weight is 223 g/mol. The molecule has 2 nitrogen and oxygen atoms in total. The fourth-order valence-electron chi connectivity index (χ4n) is 1.20. The Hall–Kier alpha value is -1.14. The average Bonchev–Trinajstić information content (AvgIpc) is 2.15. The molecule has 0 amide bonds. The molecule has 1 aromatic carbocycles. The molecular weight excluding hydrogens is 214 g/mol. The summed E-state index contributed by atoms with van der Waals surface area (Å²) in [7, 11) is 0. The summed E-state index contributed by atoms with van der Waals surface area (Å²) < 4.78 is 50.1. The predicted molar refractivity (Wildman–Crippen MR) is 45.1 cm³/mol. The molecule has 0 aliphatic heterocycles. The van der Waals surface area contributed by atoms with Crippen LogP contribution in [-0.4, -0.2) is 0 Å². The van der Waals surface area contributed by atoms with Crippen molar-refractivity contribution in [2.45, 2.75) is 19.2 Å². The number of hydrogen-bond donors (Lipinski definition) is 1. The van der Waals surface area contributed by atoms with Crippen LogP contribution in [0.1, 0.15) is 24.2 Å². The topological polar surface area (TPSA) is 35.2 Å². The van der Waals surface area contributed by atoms with E-state index in [-0.39, 0.29) is 5.56 Å². The summed E-state index contributed by atoms with van der Waals surface area (Å²) in [5.74, 6) is 3.84. The summed E-state index contributed by atoms with van der Waals surface area (Å²) >= 11 is 0. The number of halogens is 4. The summed E-state index contributed by atoms with van der Waals surface area (Å²) in [5, 5.41) is 0. The van der Waals surface area contributed by atoms with Gasteiger partial charge in [0.1, 0.15) is 11.9 Å². The van der Waals surface area contributed by atoms with E-state index in [2.05, 4.69) is 4.84 Å². The Morgan fingerprint density at radius 2 is 1.93 bits per heavy atom. The van der Waals surface area contributed by atoms with Crippen molar-refractivity contribution < 1.29 is 22.4 Å². The first-order valence-electron chi connectivity index (χ1n) is 4.08. The van der Waals surface area contributed by atoms with Gasteiger partial charge in [0.2, 0.25) is 0 Å². The van der Waals surface area contributed by atoms with Gasteiger partial charge in [0.05, 0.1) is 5.56 Å². The van der Waals surface area contributed by atoms with Crippen LogP contribution in [0.5, 0.6) is 0 Å². The second kappa shape index (κ2) is 4.16. The maximum Gasteiger partial charge on any atom is 0.416 e. The lowest BCUT2D eigenvalue weighted by molar-refractivity contribution is -0.139. The second-order valence-electron chi connectivity index (χ2n) is 3.01. The molecule has 1 atom stereocenters. The first kappa shape index (κ1) is 11.9. The molecule has 1 aromatic rings. The standard InChI is InChI=1S/C9H9F4NO/c1-5(15-14)7-3-2-6(10)4-8(7)9(11,12)13/h2-5H,14H2,1H3. The largest absolute Gasteiger partial charge is 0.416 e. The van der Waals surface area contributed by atoms with Gasteiger partial charge in [-0.25, -0.2) is 10.3 Å². The monoisotopic (exact) mass is 223 g/mol. The lowest BCUT2D eigenvalue weighted by atomic mass is 10.0. The smallest absolute Gasteiger partial charge is 0.297 e. The number of nitrogens with two attached hydrogens (primary N) is 1. The third-order valence-corrected chi connectivity index (χ3v) is 1.96. The van der Waals surface area contributed by atoms with Crippen LogP contribution in [-0.2, 0) is 11.0 Å². The number of benzene rings is 1. The van der Waals surface area contributed by atoms with Gasteiger partial charge in [0.15, 0.2) is 0 Å². The summed E-state index contributed by atoms with van der Waals surface area (Å²) in [4.78, 5) is 4.29. The van der Waals surface area contributed by atoms with E-state index in [4.69, 9.17) is 5.90 Å². The zero-order valence-corrected chi connectivity index (χ0v) is 7.81. The maximum atomic E-state index is 12.7. The van der Waals surface area contributed by atoms with Crippen molar-refractivity contribution in [3.63, 3.8) is 0 Å². The van der Waals surface area contributed by atoms with Crippen LogP contribution >= 0.6 is 0 Å². The molecule has 2 N–H and O–H groups in total. The minimum atomic E-state index is -4.62. The normalized spacial score (nSPS) is 14.0. The molecule has 0 radical (unpaired) electrons. The van der Waals surface area contributed by atoms with Gasteiger partial charge in [-0.1, -0.05) is 6.07 Å². The van der Waals surface area contributed by atoms with Crippen molar-refractivity contribution in [2.75, 3.05) is 0 Å². The van der Waals surface area contributed by atoms with Gasteiger partial charge in [-0.3, -0.25) is 4.84 Å². The van der Waals surface area contributed by atoms with E-state index in [0.29, 0.717) is 6.07 Å². The fraction of sp³-hybridized carbons (Fsp3) is 0.333. The molecule has 0 fully saturated rings. The highest BCUT2D eigenvalue weighted by Crippen LogP contribution is 2.35. The Bertz CT molecular complexity index is 350. The molecule has 0 aliphatic rings. The van der Waals surface area contributed by atoms with Gasteiger partial charge >= 0.3 is 6.18 Å². The summed E-state index contributed by atoms with van der Waals surface area (Å²) in [6, 6.07) is 2.36. The van der Waals surface area contributed by atoms with Crippen molar-refractivity contribution in [3.05, 3.63) is 35.1 Å². The van der Waals surface area contributed by atoms with Crippen LogP contribution in [0, 0.1) is 5.82 Å². The Balaban J connectivity index is 3.27. The molecule has 1 unspecified atom stereocenters. The summed E-state index contributed by atoms with van der Waals surface area (Å²) in [5.41, 5.74) is -1.26. The molecule has 0 saturated carbocycles. The van der Waals surface area contributed by atoms with E-state index in [9.17, 15) is 17.6 Å². The van der Waals surface area contributed by atoms with Gasteiger partial charge < -0.3 is 0 Å². The van der Waals surface area contributed by atoms with Crippen molar-refractivity contribution in [1.82, 2.24) is 0 Å². The van der Waals surface area contributed by atoms with E-state index < -0.39 is 23.7 Å². The second-order valence-corrected chi connectivity index (χ2v) is 3.01. The van der Waals surface area contributed by atoms with E-state index in [1.807, 2.05) is 0 Å². The highest BCUT2D eigenvalue weighted by atomic mass is 19.4. The van der Waals surface area contributed by atoms with Crippen LogP contribution < -0.4 is 5.90 Å². The molecule has 6 heteroatoms. The molecule has 0 saturated heterocycles. The quantitative estimate of drug-likeness (QED) is 0.618. The van der Waals surface area contributed by atoms with E-state index in [1.165, 1.54) is 6.92 Å². The van der Waals surface area contributed by atoms with Gasteiger partial charge in [0, 0.05) is 0 Å². The van der Waals surface area contributed by atoms with E-state index in [1.54, 1.807) is 0 Å². The molecule has 0 bridgehead atoms. The molecule has 0 aromatic heterocycles. The van der Waals surface area contributed by atoms with Crippen LogP contribution in [0.15, 0.2) is 18.2 Å². The number of rotatable bonds is 2. The van der Waals surface area contributed by atoms with Crippen molar-refractivity contribution in [1.29, 1.82) is 0 Å². The zero-order valence-electron chi connectivity index (χ0n) is 7.81. The number of alkyl halides is 3. The highest BCUT2D eigenvalue weighted by Gasteiger charge is 2.35. The lowest BCUT2D eigenvalue weighted by Gasteiger charge is -2.16. The molecule has 0 spiro atoms. The Morgan fingerprint density at radius 1 is 1.33 bits per heavy atom. The van der Waals surface area contributed by atoms with Crippen LogP contribution in [0.25, 0.3) is 0 Å². The molecule has 0 aliphatic carbocycles. The van der Waals surface area contributed by atoms with Crippen molar-refractivity contribution in [3.8, 4) is 0 Å². The van der Waals surface area contributed by atoms with Crippen LogP contribution in [0.4, 0.5) is 17.6 Å². The molecular formula is C9H9F4NO. The first-order chi connectivity index (χ1) is 6.86. The molecule has 15 heavy (non-hydrogen) atoms. The van der Waals surface area contributed by atoms with Crippen molar-refractivity contribution in [2.24, 2.45) is 5.90 Å². The number of hydrogen-bond acceptors (Lipinski definition) is 2.